The van der Waals surface area contributed by atoms with Gasteiger partial charge in [-0.2, -0.15) is 0 Å². The smallest absolute Gasteiger partial charge is 0.306 e. The fourth-order valence-corrected chi connectivity index (χ4v) is 2.28. The molecule has 4 heteroatoms. The van der Waals surface area contributed by atoms with Crippen molar-refractivity contribution in [1.29, 1.82) is 0 Å². The van der Waals surface area contributed by atoms with Crippen molar-refractivity contribution < 1.29 is 18.3 Å². The predicted molar refractivity (Wildman–Crippen MR) is 41.4 cm³/mol. The summed E-state index contributed by atoms with van der Waals surface area (Å²) in [6.07, 6.45) is 1.08. The lowest BCUT2D eigenvalue weighted by Gasteiger charge is -2.30. The molecule has 0 N–H and O–H groups in total. The van der Waals surface area contributed by atoms with Gasteiger partial charge in [-0.15, -0.1) is 0 Å². The molecule has 2 aliphatic rings. The molecule has 0 aromatic carbocycles. The minimum Gasteiger partial charge on any atom is -0.453 e. The molecule has 2 fully saturated rings. The topological polar surface area (TPSA) is 26.3 Å². The first-order valence-corrected chi connectivity index (χ1v) is 4.58. The Morgan fingerprint density at radius 3 is 2.54 bits per heavy atom. The lowest BCUT2D eigenvalue weighted by atomic mass is 9.93. The number of halogens is 2. The maximum atomic E-state index is 13.6. The molecule has 1 aliphatic heterocycles. The lowest BCUT2D eigenvalue weighted by molar-refractivity contribution is -0.193. The molecule has 1 heterocycles. The van der Waals surface area contributed by atoms with Crippen molar-refractivity contribution in [3.8, 4) is 0 Å². The van der Waals surface area contributed by atoms with E-state index in [1.807, 2.05) is 0 Å². The average Bonchev–Trinajstić information content (AvgIpc) is 2.52. The van der Waals surface area contributed by atoms with E-state index >= 15 is 0 Å². The second-order valence-corrected chi connectivity index (χ2v) is 4.03. The number of rotatable bonds is 0. The maximum absolute atomic E-state index is 13.6. The van der Waals surface area contributed by atoms with Crippen LogP contribution in [0.15, 0.2) is 0 Å². The maximum Gasteiger partial charge on any atom is 0.306 e. The van der Waals surface area contributed by atoms with E-state index in [1.165, 1.54) is 6.92 Å². The van der Waals surface area contributed by atoms with Crippen LogP contribution in [0.5, 0.6) is 0 Å². The van der Waals surface area contributed by atoms with Crippen LogP contribution >= 0.6 is 0 Å². The van der Waals surface area contributed by atoms with Crippen LogP contribution in [0.25, 0.3) is 0 Å². The van der Waals surface area contributed by atoms with Crippen molar-refractivity contribution in [2.45, 2.75) is 44.1 Å². The van der Waals surface area contributed by atoms with Crippen LogP contribution < -0.4 is 0 Å². The van der Waals surface area contributed by atoms with E-state index in [4.69, 9.17) is 4.74 Å². The van der Waals surface area contributed by atoms with Gasteiger partial charge in [0.1, 0.15) is 0 Å². The minimum atomic E-state index is -2.83. The van der Waals surface area contributed by atoms with Crippen LogP contribution in [0.3, 0.4) is 0 Å². The molecular formula is C9H12F2O2. The molecule has 2 unspecified atom stereocenters. The van der Waals surface area contributed by atoms with Gasteiger partial charge in [0.2, 0.25) is 0 Å². The van der Waals surface area contributed by atoms with E-state index in [-0.39, 0.29) is 12.8 Å². The number of carbonyl (C=O) groups is 1. The Bertz CT molecular complexity index is 252. The van der Waals surface area contributed by atoms with Gasteiger partial charge in [0.05, 0.1) is 0 Å². The average molecular weight is 190 g/mol. The molecule has 2 rings (SSSR count). The summed E-state index contributed by atoms with van der Waals surface area (Å²) in [5, 5.41) is 0. The van der Waals surface area contributed by atoms with Crippen LogP contribution in [-0.4, -0.2) is 17.5 Å². The Morgan fingerprint density at radius 2 is 2.15 bits per heavy atom. The van der Waals surface area contributed by atoms with E-state index in [1.54, 1.807) is 0 Å². The fourth-order valence-electron chi connectivity index (χ4n) is 2.28. The Morgan fingerprint density at radius 1 is 1.46 bits per heavy atom. The molecule has 0 radical (unpaired) electrons. The van der Waals surface area contributed by atoms with E-state index in [2.05, 4.69) is 0 Å². The van der Waals surface area contributed by atoms with Crippen LogP contribution in [0.4, 0.5) is 8.78 Å². The molecule has 1 spiro atoms. The summed E-state index contributed by atoms with van der Waals surface area (Å²) >= 11 is 0. The molecule has 74 valence electrons. The van der Waals surface area contributed by atoms with Crippen molar-refractivity contribution in [3.05, 3.63) is 0 Å². The molecule has 0 aromatic heterocycles. The molecule has 1 saturated heterocycles. The van der Waals surface area contributed by atoms with E-state index in [9.17, 15) is 13.6 Å². The highest BCUT2D eigenvalue weighted by Gasteiger charge is 2.65. The minimum absolute atomic E-state index is 0.141. The summed E-state index contributed by atoms with van der Waals surface area (Å²) in [5.41, 5.74) is -1.45. The van der Waals surface area contributed by atoms with Gasteiger partial charge in [-0.3, -0.25) is 4.79 Å². The number of ether oxygens (including phenoxy) is 1. The zero-order valence-electron chi connectivity index (χ0n) is 7.48. The summed E-state index contributed by atoms with van der Waals surface area (Å²) in [6, 6.07) is 0. The zero-order valence-corrected chi connectivity index (χ0v) is 7.48. The monoisotopic (exact) mass is 190 g/mol. The SMILES string of the molecule is CC1CCC2(CCC(=O)O2)C1(F)F. The molecule has 0 amide bonds. The molecular weight excluding hydrogens is 178 g/mol. The molecule has 0 aromatic rings. The van der Waals surface area contributed by atoms with Crippen LogP contribution in [-0.2, 0) is 9.53 Å². The summed E-state index contributed by atoms with van der Waals surface area (Å²) in [5.74, 6) is -3.98. The standard InChI is InChI=1S/C9H12F2O2/c1-6-2-4-8(9(6,10)11)5-3-7(12)13-8/h6H,2-5H2,1H3. The summed E-state index contributed by atoms with van der Waals surface area (Å²) in [7, 11) is 0. The molecule has 2 nitrogen and oxygen atoms in total. The normalized spacial score (nSPS) is 42.7. The Labute approximate surface area is 75.3 Å². The fraction of sp³-hybridized carbons (Fsp3) is 0.889. The summed E-state index contributed by atoms with van der Waals surface area (Å²) < 4.78 is 32.0. The van der Waals surface area contributed by atoms with E-state index in [0.717, 1.165) is 0 Å². The lowest BCUT2D eigenvalue weighted by Crippen LogP contribution is -2.45. The van der Waals surface area contributed by atoms with Gasteiger partial charge in [0.25, 0.3) is 5.92 Å². The molecule has 1 saturated carbocycles. The van der Waals surface area contributed by atoms with Gasteiger partial charge in [-0.25, -0.2) is 8.78 Å². The van der Waals surface area contributed by atoms with Crippen molar-refractivity contribution in [2.24, 2.45) is 5.92 Å². The second kappa shape index (κ2) is 2.42. The van der Waals surface area contributed by atoms with Gasteiger partial charge in [0, 0.05) is 18.8 Å². The second-order valence-electron chi connectivity index (χ2n) is 4.03. The van der Waals surface area contributed by atoms with Crippen molar-refractivity contribution in [1.82, 2.24) is 0 Å². The number of hydrogen-bond donors (Lipinski definition) is 0. The van der Waals surface area contributed by atoms with Crippen molar-refractivity contribution in [2.75, 3.05) is 0 Å². The van der Waals surface area contributed by atoms with Crippen LogP contribution in [0, 0.1) is 5.92 Å². The third-order valence-corrected chi connectivity index (χ3v) is 3.25. The van der Waals surface area contributed by atoms with Gasteiger partial charge in [-0.05, 0) is 12.8 Å². The highest BCUT2D eigenvalue weighted by molar-refractivity contribution is 5.72. The number of hydrogen-bond acceptors (Lipinski definition) is 2. The Balaban J connectivity index is 2.29. The van der Waals surface area contributed by atoms with Gasteiger partial charge in [-0.1, -0.05) is 6.92 Å². The first-order valence-electron chi connectivity index (χ1n) is 4.58. The molecule has 1 aliphatic carbocycles. The van der Waals surface area contributed by atoms with Gasteiger partial charge in [0.15, 0.2) is 5.60 Å². The highest BCUT2D eigenvalue weighted by Crippen LogP contribution is 2.54. The largest absolute Gasteiger partial charge is 0.453 e. The van der Waals surface area contributed by atoms with Crippen molar-refractivity contribution in [3.63, 3.8) is 0 Å². The van der Waals surface area contributed by atoms with E-state index < -0.39 is 23.4 Å². The van der Waals surface area contributed by atoms with Crippen molar-refractivity contribution >= 4 is 5.97 Å². The Hall–Kier alpha value is -0.670. The molecule has 0 bridgehead atoms. The number of alkyl halides is 2. The summed E-state index contributed by atoms with van der Waals surface area (Å²) in [4.78, 5) is 10.8. The number of esters is 1. The van der Waals surface area contributed by atoms with Crippen LogP contribution in [0.2, 0.25) is 0 Å². The first kappa shape index (κ1) is 8.91. The quantitative estimate of drug-likeness (QED) is 0.547. The Kier molecular flexibility index (Phi) is 1.66. The van der Waals surface area contributed by atoms with E-state index in [0.29, 0.717) is 12.8 Å². The number of carbonyl (C=O) groups excluding carboxylic acids is 1. The predicted octanol–water partition coefficient (Wildman–Crippen LogP) is 2.13. The molecule has 13 heavy (non-hydrogen) atoms. The summed E-state index contributed by atoms with van der Waals surface area (Å²) in [6.45, 7) is 1.51. The highest BCUT2D eigenvalue weighted by atomic mass is 19.3. The third-order valence-electron chi connectivity index (χ3n) is 3.25. The zero-order chi connectivity index (χ0) is 9.69. The van der Waals surface area contributed by atoms with Gasteiger partial charge < -0.3 is 4.74 Å². The van der Waals surface area contributed by atoms with Gasteiger partial charge >= 0.3 is 5.97 Å². The molecule has 2 atom stereocenters. The van der Waals surface area contributed by atoms with Crippen LogP contribution in [0.1, 0.15) is 32.6 Å². The third kappa shape index (κ3) is 1.00. The first-order chi connectivity index (χ1) is 5.98.